The topological polar surface area (TPSA) is 67.8 Å². The van der Waals surface area contributed by atoms with E-state index >= 15 is 0 Å². The maximum atomic E-state index is 12.7. The molecule has 2 heterocycles. The molecule has 0 spiro atoms. The number of anilines is 1. The van der Waals surface area contributed by atoms with Crippen molar-refractivity contribution < 1.29 is 14.3 Å². The van der Waals surface area contributed by atoms with Crippen LogP contribution in [0.2, 0.25) is 0 Å². The van der Waals surface area contributed by atoms with E-state index in [-0.39, 0.29) is 18.6 Å². The van der Waals surface area contributed by atoms with Gasteiger partial charge in [0.1, 0.15) is 12.4 Å². The van der Waals surface area contributed by atoms with Gasteiger partial charge in [-0.1, -0.05) is 12.1 Å². The third-order valence-electron chi connectivity index (χ3n) is 5.01. The molecular weight excluding hydrogens is 356 g/mol. The van der Waals surface area contributed by atoms with Crippen molar-refractivity contribution in [3.05, 3.63) is 36.2 Å². The Labute approximate surface area is 166 Å². The minimum atomic E-state index is -0.0878. The zero-order chi connectivity index (χ0) is 20.1. The summed E-state index contributed by atoms with van der Waals surface area (Å²) in [6.07, 6.45) is 4.79. The summed E-state index contributed by atoms with van der Waals surface area (Å²) in [6, 6.07) is 7.76. The van der Waals surface area contributed by atoms with E-state index in [0.29, 0.717) is 5.95 Å². The van der Waals surface area contributed by atoms with Crippen molar-refractivity contribution in [2.45, 2.75) is 25.3 Å². The Morgan fingerprint density at radius 3 is 2.61 bits per heavy atom. The van der Waals surface area contributed by atoms with E-state index in [0.717, 1.165) is 48.4 Å². The molecule has 0 aliphatic carbocycles. The predicted octanol–water partition coefficient (Wildman–Crippen LogP) is 2.92. The molecule has 2 aromatic rings. The highest BCUT2D eigenvalue weighted by Crippen LogP contribution is 2.36. The summed E-state index contributed by atoms with van der Waals surface area (Å²) >= 11 is 0. The van der Waals surface area contributed by atoms with Crippen LogP contribution in [-0.4, -0.2) is 62.2 Å². The standard InChI is InChI=1S/C21H28N4O3/c1-24(2)21-22-13-17(15-8-10-16(28-4)11-9-15)20(23-21)18-7-5-6-12-25(18)19(26)14-27-3/h8-11,13,18H,5-7,12,14H2,1-4H3/t18-/m0/s1. The fourth-order valence-electron chi connectivity index (χ4n) is 3.57. The molecule has 1 aromatic heterocycles. The Balaban J connectivity index is 2.07. The van der Waals surface area contributed by atoms with Gasteiger partial charge in [-0.3, -0.25) is 4.79 Å². The number of carbonyl (C=O) groups is 1. The number of carbonyl (C=O) groups excluding carboxylic acids is 1. The second kappa shape index (κ2) is 9.01. The van der Waals surface area contributed by atoms with Crippen molar-refractivity contribution in [3.8, 4) is 16.9 Å². The Kier molecular flexibility index (Phi) is 6.46. The number of likely N-dealkylation sites (tertiary alicyclic amines) is 1. The van der Waals surface area contributed by atoms with Gasteiger partial charge in [-0.05, 0) is 37.0 Å². The monoisotopic (exact) mass is 384 g/mol. The van der Waals surface area contributed by atoms with Crippen molar-refractivity contribution in [2.75, 3.05) is 46.4 Å². The largest absolute Gasteiger partial charge is 0.497 e. The van der Waals surface area contributed by atoms with E-state index < -0.39 is 0 Å². The molecule has 0 bridgehead atoms. The highest BCUT2D eigenvalue weighted by Gasteiger charge is 2.31. The van der Waals surface area contributed by atoms with Gasteiger partial charge in [0, 0.05) is 39.5 Å². The molecule has 1 atom stereocenters. The molecule has 1 aliphatic rings. The Morgan fingerprint density at radius 2 is 1.96 bits per heavy atom. The van der Waals surface area contributed by atoms with E-state index in [4.69, 9.17) is 14.5 Å². The first kappa shape index (κ1) is 20.1. The number of ether oxygens (including phenoxy) is 2. The smallest absolute Gasteiger partial charge is 0.249 e. The van der Waals surface area contributed by atoms with E-state index in [1.54, 1.807) is 14.2 Å². The number of hydrogen-bond acceptors (Lipinski definition) is 6. The lowest BCUT2D eigenvalue weighted by atomic mass is 9.93. The summed E-state index contributed by atoms with van der Waals surface area (Å²) < 4.78 is 10.4. The lowest BCUT2D eigenvalue weighted by molar-refractivity contribution is -0.139. The molecule has 0 saturated carbocycles. The first-order valence-electron chi connectivity index (χ1n) is 9.52. The number of hydrogen-bond donors (Lipinski definition) is 0. The van der Waals surface area contributed by atoms with Gasteiger partial charge in [-0.15, -0.1) is 0 Å². The molecule has 1 aromatic carbocycles. The molecule has 1 amide bonds. The lowest BCUT2D eigenvalue weighted by Gasteiger charge is -2.36. The highest BCUT2D eigenvalue weighted by atomic mass is 16.5. The van der Waals surface area contributed by atoms with Crippen LogP contribution in [0.25, 0.3) is 11.1 Å². The van der Waals surface area contributed by atoms with Crippen LogP contribution in [0.5, 0.6) is 5.75 Å². The second-order valence-corrected chi connectivity index (χ2v) is 7.12. The Morgan fingerprint density at radius 1 is 1.21 bits per heavy atom. The molecule has 3 rings (SSSR count). The van der Waals surface area contributed by atoms with Gasteiger partial charge in [-0.25, -0.2) is 9.97 Å². The molecule has 0 unspecified atom stereocenters. The molecular formula is C21H28N4O3. The van der Waals surface area contributed by atoms with Gasteiger partial charge in [0.25, 0.3) is 0 Å². The number of methoxy groups -OCH3 is 2. The second-order valence-electron chi connectivity index (χ2n) is 7.12. The van der Waals surface area contributed by atoms with Crippen LogP contribution in [0, 0.1) is 0 Å². The van der Waals surface area contributed by atoms with Crippen molar-refractivity contribution in [2.24, 2.45) is 0 Å². The average Bonchev–Trinajstić information content (AvgIpc) is 2.73. The van der Waals surface area contributed by atoms with Crippen LogP contribution in [0.1, 0.15) is 31.0 Å². The van der Waals surface area contributed by atoms with Gasteiger partial charge < -0.3 is 19.3 Å². The predicted molar refractivity (Wildman–Crippen MR) is 109 cm³/mol. The Hall–Kier alpha value is -2.67. The Bertz CT molecular complexity index is 808. The highest BCUT2D eigenvalue weighted by molar-refractivity contribution is 5.78. The fraction of sp³-hybridized carbons (Fsp3) is 0.476. The molecule has 7 nitrogen and oxygen atoms in total. The van der Waals surface area contributed by atoms with Crippen LogP contribution in [0.3, 0.4) is 0 Å². The first-order chi connectivity index (χ1) is 13.5. The molecule has 7 heteroatoms. The molecule has 0 N–H and O–H groups in total. The van der Waals surface area contributed by atoms with Crippen molar-refractivity contribution in [1.82, 2.24) is 14.9 Å². The van der Waals surface area contributed by atoms with Crippen molar-refractivity contribution >= 4 is 11.9 Å². The van der Waals surface area contributed by atoms with Crippen molar-refractivity contribution in [3.63, 3.8) is 0 Å². The normalized spacial score (nSPS) is 16.7. The summed E-state index contributed by atoms with van der Waals surface area (Å²) in [4.78, 5) is 25.8. The summed E-state index contributed by atoms with van der Waals surface area (Å²) in [5.74, 6) is 1.43. The minimum absolute atomic E-state index is 0.00195. The van der Waals surface area contributed by atoms with Crippen LogP contribution in [0.15, 0.2) is 30.5 Å². The summed E-state index contributed by atoms with van der Waals surface area (Å²) in [7, 11) is 7.03. The molecule has 1 aliphatic heterocycles. The number of aromatic nitrogens is 2. The maximum Gasteiger partial charge on any atom is 0.249 e. The molecule has 28 heavy (non-hydrogen) atoms. The van der Waals surface area contributed by atoms with Crippen LogP contribution in [-0.2, 0) is 9.53 Å². The third-order valence-corrected chi connectivity index (χ3v) is 5.01. The maximum absolute atomic E-state index is 12.7. The first-order valence-corrected chi connectivity index (χ1v) is 9.52. The van der Waals surface area contributed by atoms with E-state index in [1.807, 2.05) is 54.4 Å². The SMILES string of the molecule is COCC(=O)N1CCCC[C@H]1c1nc(N(C)C)ncc1-c1ccc(OC)cc1. The number of rotatable bonds is 6. The summed E-state index contributed by atoms with van der Waals surface area (Å²) in [5.41, 5.74) is 2.83. The van der Waals surface area contributed by atoms with Gasteiger partial charge in [0.2, 0.25) is 11.9 Å². The molecule has 1 saturated heterocycles. The van der Waals surface area contributed by atoms with Gasteiger partial charge >= 0.3 is 0 Å². The van der Waals surface area contributed by atoms with E-state index in [1.165, 1.54) is 0 Å². The number of nitrogens with zero attached hydrogens (tertiary/aromatic N) is 4. The van der Waals surface area contributed by atoms with Crippen LogP contribution >= 0.6 is 0 Å². The molecule has 1 fully saturated rings. The van der Waals surface area contributed by atoms with E-state index in [9.17, 15) is 4.79 Å². The van der Waals surface area contributed by atoms with Gasteiger partial charge in [0.05, 0.1) is 18.8 Å². The number of piperidine rings is 1. The number of benzene rings is 1. The number of amides is 1. The van der Waals surface area contributed by atoms with E-state index in [2.05, 4.69) is 4.98 Å². The summed E-state index contributed by atoms with van der Waals surface area (Å²) in [6.45, 7) is 0.802. The fourth-order valence-corrected chi connectivity index (χ4v) is 3.57. The third kappa shape index (κ3) is 4.25. The minimum Gasteiger partial charge on any atom is -0.497 e. The van der Waals surface area contributed by atoms with Crippen LogP contribution in [0.4, 0.5) is 5.95 Å². The van der Waals surface area contributed by atoms with Crippen molar-refractivity contribution in [1.29, 1.82) is 0 Å². The van der Waals surface area contributed by atoms with Gasteiger partial charge in [0.15, 0.2) is 0 Å². The quantitative estimate of drug-likeness (QED) is 0.763. The average molecular weight is 384 g/mol. The zero-order valence-electron chi connectivity index (χ0n) is 17.0. The zero-order valence-corrected chi connectivity index (χ0v) is 17.0. The summed E-state index contributed by atoms with van der Waals surface area (Å²) in [5, 5.41) is 0. The molecule has 0 radical (unpaired) electrons. The lowest BCUT2D eigenvalue weighted by Crippen LogP contribution is -2.41. The van der Waals surface area contributed by atoms with Crippen LogP contribution < -0.4 is 9.64 Å². The van der Waals surface area contributed by atoms with Gasteiger partial charge in [-0.2, -0.15) is 0 Å². The molecule has 150 valence electrons.